The Morgan fingerprint density at radius 1 is 1.19 bits per heavy atom. The highest BCUT2D eigenvalue weighted by Crippen LogP contribution is 2.20. The van der Waals surface area contributed by atoms with Crippen LogP contribution in [0.2, 0.25) is 0 Å². The van der Waals surface area contributed by atoms with Crippen LogP contribution in [0.1, 0.15) is 25.5 Å². The number of hydrogen-bond donors (Lipinski definition) is 0. The number of hydrogen-bond acceptors (Lipinski definition) is 4. The van der Waals surface area contributed by atoms with Gasteiger partial charge < -0.3 is 9.80 Å². The summed E-state index contributed by atoms with van der Waals surface area (Å²) < 4.78 is 15.3. The van der Waals surface area contributed by atoms with Crippen molar-refractivity contribution in [3.8, 4) is 0 Å². The number of nitrogens with zero attached hydrogens (tertiary/aromatic N) is 4. The Bertz CT molecular complexity index is 844. The maximum atomic E-state index is 13.9. The summed E-state index contributed by atoms with van der Waals surface area (Å²) in [4.78, 5) is 32.7. The first-order chi connectivity index (χ1) is 13.1. The second kappa shape index (κ2) is 8.79. The van der Waals surface area contributed by atoms with E-state index in [9.17, 15) is 14.0 Å². The number of para-hydroxylation sites is 1. The largest absolute Gasteiger partial charge is 0.366 e. The first-order valence-corrected chi connectivity index (χ1v) is 9.41. The van der Waals surface area contributed by atoms with Crippen LogP contribution in [0, 0.1) is 5.82 Å². The number of amides is 1. The molecule has 6 nitrogen and oxygen atoms in total. The van der Waals surface area contributed by atoms with Crippen LogP contribution in [0.15, 0.2) is 41.5 Å². The van der Waals surface area contributed by atoms with Crippen molar-refractivity contribution in [1.82, 2.24) is 14.5 Å². The molecule has 1 saturated heterocycles. The van der Waals surface area contributed by atoms with Crippen LogP contribution in [0.4, 0.5) is 10.1 Å². The van der Waals surface area contributed by atoms with Gasteiger partial charge in [0.2, 0.25) is 5.91 Å². The van der Waals surface area contributed by atoms with E-state index in [1.54, 1.807) is 23.1 Å². The standard InChI is InChI=1S/C20H25FN4O2/c1-2-3-6-16-13-19(26)25(15-22-16)14-20(27)24-11-9-23(10-12-24)18-8-5-4-7-17(18)21/h4-5,7-8,13,15H,2-3,6,9-12,14H2,1H3. The van der Waals surface area contributed by atoms with Crippen molar-refractivity contribution in [2.24, 2.45) is 0 Å². The number of carbonyl (C=O) groups is 1. The number of halogens is 1. The maximum absolute atomic E-state index is 13.9. The molecule has 0 spiro atoms. The summed E-state index contributed by atoms with van der Waals surface area (Å²) in [5.41, 5.74) is 1.13. The van der Waals surface area contributed by atoms with Crippen molar-refractivity contribution in [2.75, 3.05) is 31.1 Å². The summed E-state index contributed by atoms with van der Waals surface area (Å²) in [6.07, 6.45) is 4.27. The first-order valence-electron chi connectivity index (χ1n) is 9.41. The molecule has 1 aliphatic heterocycles. The van der Waals surface area contributed by atoms with E-state index in [0.717, 1.165) is 25.0 Å². The number of carbonyl (C=O) groups excluding carboxylic acids is 1. The van der Waals surface area contributed by atoms with Gasteiger partial charge in [0.05, 0.1) is 12.0 Å². The van der Waals surface area contributed by atoms with E-state index in [4.69, 9.17) is 0 Å². The summed E-state index contributed by atoms with van der Waals surface area (Å²) >= 11 is 0. The van der Waals surface area contributed by atoms with Gasteiger partial charge in [0.25, 0.3) is 5.56 Å². The molecular formula is C20H25FN4O2. The van der Waals surface area contributed by atoms with E-state index in [1.807, 2.05) is 4.90 Å². The molecule has 0 aliphatic carbocycles. The lowest BCUT2D eigenvalue weighted by Gasteiger charge is -2.36. The van der Waals surface area contributed by atoms with Crippen LogP contribution in [0.25, 0.3) is 0 Å². The van der Waals surface area contributed by atoms with Gasteiger partial charge in [-0.1, -0.05) is 25.5 Å². The third kappa shape index (κ3) is 4.72. The van der Waals surface area contributed by atoms with Gasteiger partial charge in [-0.25, -0.2) is 9.37 Å². The van der Waals surface area contributed by atoms with E-state index < -0.39 is 0 Å². The zero-order valence-corrected chi connectivity index (χ0v) is 15.6. The van der Waals surface area contributed by atoms with Gasteiger partial charge in [0, 0.05) is 37.9 Å². The van der Waals surface area contributed by atoms with Crippen molar-refractivity contribution in [1.29, 1.82) is 0 Å². The maximum Gasteiger partial charge on any atom is 0.253 e. The Morgan fingerprint density at radius 3 is 2.59 bits per heavy atom. The van der Waals surface area contributed by atoms with Crippen molar-refractivity contribution in [2.45, 2.75) is 32.7 Å². The minimum atomic E-state index is -0.252. The van der Waals surface area contributed by atoms with Crippen molar-refractivity contribution >= 4 is 11.6 Å². The number of aryl methyl sites for hydroxylation is 1. The number of aromatic nitrogens is 2. The Morgan fingerprint density at radius 2 is 1.93 bits per heavy atom. The molecule has 0 radical (unpaired) electrons. The lowest BCUT2D eigenvalue weighted by atomic mass is 10.2. The Labute approximate surface area is 158 Å². The van der Waals surface area contributed by atoms with E-state index in [1.165, 1.54) is 23.0 Å². The third-order valence-electron chi connectivity index (χ3n) is 4.85. The van der Waals surface area contributed by atoms with Gasteiger partial charge in [0.1, 0.15) is 12.4 Å². The normalized spacial score (nSPS) is 14.4. The van der Waals surface area contributed by atoms with Crippen LogP contribution >= 0.6 is 0 Å². The SMILES string of the molecule is CCCCc1cc(=O)n(CC(=O)N2CCN(c3ccccc3F)CC2)cn1. The molecule has 27 heavy (non-hydrogen) atoms. The van der Waals surface area contributed by atoms with Gasteiger partial charge in [-0.05, 0) is 25.0 Å². The van der Waals surface area contributed by atoms with Crippen molar-refractivity contribution < 1.29 is 9.18 Å². The van der Waals surface area contributed by atoms with Crippen LogP contribution in [-0.4, -0.2) is 46.5 Å². The summed E-state index contributed by atoms with van der Waals surface area (Å²) in [7, 11) is 0. The predicted molar refractivity (Wildman–Crippen MR) is 102 cm³/mol. The monoisotopic (exact) mass is 372 g/mol. The second-order valence-corrected chi connectivity index (χ2v) is 6.77. The highest BCUT2D eigenvalue weighted by molar-refractivity contribution is 5.76. The molecule has 144 valence electrons. The van der Waals surface area contributed by atoms with Crippen LogP contribution in [0.3, 0.4) is 0 Å². The minimum Gasteiger partial charge on any atom is -0.366 e. The van der Waals surface area contributed by atoms with Gasteiger partial charge in [-0.15, -0.1) is 0 Å². The smallest absolute Gasteiger partial charge is 0.253 e. The second-order valence-electron chi connectivity index (χ2n) is 6.77. The molecular weight excluding hydrogens is 347 g/mol. The Kier molecular flexibility index (Phi) is 6.21. The van der Waals surface area contributed by atoms with Gasteiger partial charge in [-0.3, -0.25) is 14.2 Å². The average Bonchev–Trinajstić information content (AvgIpc) is 2.68. The van der Waals surface area contributed by atoms with Crippen molar-refractivity contribution in [3.63, 3.8) is 0 Å². The highest BCUT2D eigenvalue weighted by atomic mass is 19.1. The molecule has 0 bridgehead atoms. The summed E-state index contributed by atoms with van der Waals surface area (Å²) in [6.45, 7) is 4.21. The highest BCUT2D eigenvalue weighted by Gasteiger charge is 2.23. The molecule has 1 aromatic heterocycles. The van der Waals surface area contributed by atoms with E-state index in [0.29, 0.717) is 31.9 Å². The first kappa shape index (κ1) is 19.1. The summed E-state index contributed by atoms with van der Waals surface area (Å²) in [5.74, 6) is -0.369. The zero-order chi connectivity index (χ0) is 19.2. The van der Waals surface area contributed by atoms with Crippen LogP contribution in [-0.2, 0) is 17.8 Å². The van der Waals surface area contributed by atoms with Gasteiger partial charge >= 0.3 is 0 Å². The quantitative estimate of drug-likeness (QED) is 0.779. The summed E-state index contributed by atoms with van der Waals surface area (Å²) in [5, 5.41) is 0. The molecule has 1 aliphatic rings. The molecule has 2 aromatic rings. The summed E-state index contributed by atoms with van der Waals surface area (Å²) in [6, 6.07) is 8.17. The molecule has 0 saturated carbocycles. The van der Waals surface area contributed by atoms with Crippen LogP contribution in [0.5, 0.6) is 0 Å². The average molecular weight is 372 g/mol. The number of unbranched alkanes of at least 4 members (excludes halogenated alkanes) is 1. The predicted octanol–water partition coefficient (Wildman–Crippen LogP) is 2.07. The van der Waals surface area contributed by atoms with E-state index in [2.05, 4.69) is 11.9 Å². The van der Waals surface area contributed by atoms with E-state index in [-0.39, 0.29) is 23.8 Å². The fraction of sp³-hybridized carbons (Fsp3) is 0.450. The van der Waals surface area contributed by atoms with Gasteiger partial charge in [-0.2, -0.15) is 0 Å². The number of rotatable bonds is 6. The molecule has 7 heteroatoms. The topological polar surface area (TPSA) is 58.4 Å². The molecule has 0 atom stereocenters. The number of benzene rings is 1. The number of anilines is 1. The molecule has 0 N–H and O–H groups in total. The lowest BCUT2D eigenvalue weighted by molar-refractivity contribution is -0.132. The molecule has 1 fully saturated rings. The Balaban J connectivity index is 1.57. The lowest BCUT2D eigenvalue weighted by Crippen LogP contribution is -2.50. The molecule has 1 amide bonds. The minimum absolute atomic E-state index is 0.0143. The fourth-order valence-corrected chi connectivity index (χ4v) is 3.23. The fourth-order valence-electron chi connectivity index (χ4n) is 3.23. The third-order valence-corrected chi connectivity index (χ3v) is 4.85. The molecule has 2 heterocycles. The Hall–Kier alpha value is -2.70. The molecule has 0 unspecified atom stereocenters. The molecule has 3 rings (SSSR count). The molecule has 1 aromatic carbocycles. The number of piperazine rings is 1. The van der Waals surface area contributed by atoms with E-state index >= 15 is 0 Å². The van der Waals surface area contributed by atoms with Gasteiger partial charge in [0.15, 0.2) is 0 Å². The van der Waals surface area contributed by atoms with Crippen molar-refractivity contribution in [3.05, 3.63) is 58.5 Å². The van der Waals surface area contributed by atoms with Crippen LogP contribution < -0.4 is 10.5 Å². The zero-order valence-electron chi connectivity index (χ0n) is 15.6.